The molecule has 196 valence electrons. The number of pyridine rings is 1. The third-order valence-corrected chi connectivity index (χ3v) is 7.82. The Bertz CT molecular complexity index is 1760. The van der Waals surface area contributed by atoms with Crippen LogP contribution >= 0.6 is 0 Å². The van der Waals surface area contributed by atoms with Gasteiger partial charge < -0.3 is 20.1 Å². The average molecular weight is 542 g/mol. The summed E-state index contributed by atoms with van der Waals surface area (Å²) in [6.07, 6.45) is 1.78. The van der Waals surface area contributed by atoms with Gasteiger partial charge in [0.05, 0.1) is 17.6 Å². The third kappa shape index (κ3) is 4.56. The lowest BCUT2D eigenvalue weighted by Gasteiger charge is -2.21. The van der Waals surface area contributed by atoms with Crippen molar-refractivity contribution in [3.8, 4) is 5.75 Å². The monoisotopic (exact) mass is 541 g/mol. The number of rotatable bonds is 8. The summed E-state index contributed by atoms with van der Waals surface area (Å²) in [5.74, 6) is -5.38. The van der Waals surface area contributed by atoms with Crippen LogP contribution < -0.4 is 10.9 Å². The van der Waals surface area contributed by atoms with Crippen molar-refractivity contribution in [3.63, 3.8) is 0 Å². The molecule has 0 unspecified atom stereocenters. The highest BCUT2D eigenvalue weighted by molar-refractivity contribution is 7.90. The van der Waals surface area contributed by atoms with Crippen molar-refractivity contribution in [3.05, 3.63) is 63.7 Å². The number of fused-ring (bicyclic) bond motifs is 2. The van der Waals surface area contributed by atoms with Crippen LogP contribution in [0.15, 0.2) is 50.5 Å². The number of ketones is 2. The fraction of sp³-hybridized carbons (Fsp3) is 0.240. The summed E-state index contributed by atoms with van der Waals surface area (Å²) < 4.78 is 45.2. The Morgan fingerprint density at radius 2 is 1.87 bits per heavy atom. The van der Waals surface area contributed by atoms with E-state index in [9.17, 15) is 37.1 Å². The van der Waals surface area contributed by atoms with Crippen LogP contribution in [0.1, 0.15) is 41.6 Å². The summed E-state index contributed by atoms with van der Waals surface area (Å²) in [6, 6.07) is 6.91. The minimum atomic E-state index is -4.53. The Balaban J connectivity index is 1.59. The minimum Gasteiger partial charge on any atom is -0.506 e. The zero-order valence-corrected chi connectivity index (χ0v) is 20.4. The van der Waals surface area contributed by atoms with Crippen molar-refractivity contribution in [2.24, 2.45) is 10.3 Å². The number of nitrogens with one attached hydrogen (secondary N) is 1. The lowest BCUT2D eigenvalue weighted by Crippen LogP contribution is -2.33. The van der Waals surface area contributed by atoms with E-state index < -0.39 is 67.4 Å². The molecule has 1 aliphatic heterocycles. The van der Waals surface area contributed by atoms with Gasteiger partial charge in [-0.05, 0) is 48.7 Å². The van der Waals surface area contributed by atoms with Crippen LogP contribution in [0.25, 0.3) is 10.9 Å². The molecule has 0 radical (unpaired) electrons. The topological polar surface area (TPSA) is 172 Å². The predicted molar refractivity (Wildman–Crippen MR) is 133 cm³/mol. The molecule has 0 amide bonds. The van der Waals surface area contributed by atoms with Gasteiger partial charge in [-0.1, -0.05) is 12.8 Å². The van der Waals surface area contributed by atoms with Gasteiger partial charge >= 0.3 is 5.97 Å². The highest BCUT2D eigenvalue weighted by Crippen LogP contribution is 2.35. The molecular formula is C25H20FN3O8S. The summed E-state index contributed by atoms with van der Waals surface area (Å²) in [4.78, 5) is 47.5. The Morgan fingerprint density at radius 3 is 2.55 bits per heavy atom. The van der Waals surface area contributed by atoms with E-state index in [1.807, 2.05) is 0 Å². The molecule has 0 spiro atoms. The number of aromatic hydroxyl groups is 1. The Hall–Kier alpha value is -4.39. The van der Waals surface area contributed by atoms with E-state index >= 15 is 0 Å². The summed E-state index contributed by atoms with van der Waals surface area (Å²) in [5.41, 5.74) is -1.18. The second-order valence-corrected chi connectivity index (χ2v) is 10.7. The number of anilines is 1. The lowest BCUT2D eigenvalue weighted by molar-refractivity contribution is -0.148. The van der Waals surface area contributed by atoms with Crippen LogP contribution in [-0.4, -0.2) is 46.6 Å². The molecule has 3 N–H and O–H groups in total. The van der Waals surface area contributed by atoms with Gasteiger partial charge in [0.1, 0.15) is 22.0 Å². The van der Waals surface area contributed by atoms with Gasteiger partial charge in [-0.25, -0.2) is 9.18 Å². The molecule has 38 heavy (non-hydrogen) atoms. The van der Waals surface area contributed by atoms with E-state index in [1.165, 1.54) is 22.8 Å². The number of carboxylic acids is 1. The van der Waals surface area contributed by atoms with E-state index in [0.29, 0.717) is 12.3 Å². The molecule has 2 heterocycles. The second kappa shape index (κ2) is 9.17. The first-order chi connectivity index (χ1) is 18.0. The number of carbonyl (C=O) groups is 3. The van der Waals surface area contributed by atoms with Gasteiger partial charge in [0.25, 0.3) is 15.6 Å². The number of hydrogen-bond donors (Lipinski definition) is 3. The van der Waals surface area contributed by atoms with E-state index in [0.717, 1.165) is 31.0 Å². The van der Waals surface area contributed by atoms with E-state index in [4.69, 9.17) is 5.11 Å². The van der Waals surface area contributed by atoms with Crippen LogP contribution in [0.3, 0.4) is 0 Å². The highest BCUT2D eigenvalue weighted by atomic mass is 32.2. The highest BCUT2D eigenvalue weighted by Gasteiger charge is 2.31. The molecule has 11 nitrogen and oxygen atoms in total. The van der Waals surface area contributed by atoms with Crippen molar-refractivity contribution in [1.82, 2.24) is 4.57 Å². The lowest BCUT2D eigenvalue weighted by atomic mass is 10.1. The molecule has 1 saturated carbocycles. The van der Waals surface area contributed by atoms with Crippen LogP contribution in [0.5, 0.6) is 5.75 Å². The van der Waals surface area contributed by atoms with E-state index in [2.05, 4.69) is 9.71 Å². The van der Waals surface area contributed by atoms with Crippen molar-refractivity contribution in [1.29, 1.82) is 0 Å². The fourth-order valence-electron chi connectivity index (χ4n) is 4.33. The Labute approximate surface area is 214 Å². The zero-order chi connectivity index (χ0) is 27.4. The number of aromatic nitrogens is 1. The number of amidine groups is 1. The standard InChI is InChI=1S/C25H20FN3O8S/c26-14-4-6-17-15(10-14)22(32)21(24(33)29(17)8-7-12-1-2-12)23-27-16-5-3-13(9-20(16)38(36,37)28-23)18(30)11-19(31)25(34)35/h3-6,9-10,12,32H,1-2,7-8,11H2,(H,27,28)(H,34,35). The number of halogens is 1. The molecule has 0 atom stereocenters. The molecule has 5 rings (SSSR count). The number of carboxylic acid groups (broad SMARTS) is 1. The van der Waals surface area contributed by atoms with Crippen LogP contribution in [0, 0.1) is 11.7 Å². The normalized spacial score (nSPS) is 15.9. The number of benzene rings is 2. The first-order valence-electron chi connectivity index (χ1n) is 11.6. The molecular weight excluding hydrogens is 521 g/mol. The number of nitrogens with zero attached hydrogens (tertiary/aromatic N) is 2. The maximum absolute atomic E-state index is 14.1. The summed E-state index contributed by atoms with van der Waals surface area (Å²) in [6.45, 7) is 0.274. The Morgan fingerprint density at radius 1 is 1.13 bits per heavy atom. The molecule has 1 aromatic heterocycles. The molecule has 0 bridgehead atoms. The van der Waals surface area contributed by atoms with Crippen molar-refractivity contribution < 1.29 is 37.4 Å². The summed E-state index contributed by atoms with van der Waals surface area (Å²) >= 11 is 0. The number of sulfonamides is 1. The quantitative estimate of drug-likeness (QED) is 0.220. The molecule has 3 aromatic rings. The third-order valence-electron chi connectivity index (χ3n) is 6.50. The first kappa shape index (κ1) is 25.3. The number of Topliss-reactive ketones (excluding diaryl/α,β-unsaturated/α-hetero) is 2. The van der Waals surface area contributed by atoms with E-state index in [-0.39, 0.29) is 28.7 Å². The average Bonchev–Trinajstić information content (AvgIpc) is 3.68. The van der Waals surface area contributed by atoms with Gasteiger partial charge in [0.15, 0.2) is 11.6 Å². The smallest absolute Gasteiger partial charge is 0.372 e. The summed E-state index contributed by atoms with van der Waals surface area (Å²) in [5, 5.41) is 22.4. The van der Waals surface area contributed by atoms with Gasteiger partial charge in [-0.2, -0.15) is 8.42 Å². The maximum atomic E-state index is 14.1. The van der Waals surface area contributed by atoms with Crippen molar-refractivity contribution in [2.45, 2.75) is 37.1 Å². The molecule has 0 saturated heterocycles. The number of aliphatic carboxylic acids is 1. The van der Waals surface area contributed by atoms with Crippen molar-refractivity contribution in [2.75, 3.05) is 5.32 Å². The molecule has 2 aliphatic rings. The molecule has 1 aliphatic carbocycles. The first-order valence-corrected chi connectivity index (χ1v) is 13.0. The second-order valence-electron chi connectivity index (χ2n) is 9.15. The Kier molecular flexibility index (Phi) is 6.10. The minimum absolute atomic E-state index is 0.00661. The predicted octanol–water partition coefficient (Wildman–Crippen LogP) is 2.43. The fourth-order valence-corrected chi connectivity index (χ4v) is 5.48. The van der Waals surface area contributed by atoms with Gasteiger partial charge in [0, 0.05) is 17.5 Å². The number of hydrogen-bond acceptors (Lipinski definition) is 8. The van der Waals surface area contributed by atoms with Gasteiger partial charge in [0.2, 0.25) is 5.78 Å². The van der Waals surface area contributed by atoms with Crippen LogP contribution in [0.2, 0.25) is 0 Å². The van der Waals surface area contributed by atoms with Gasteiger partial charge in [-0.3, -0.25) is 14.4 Å². The number of carbonyl (C=O) groups excluding carboxylic acids is 2. The molecule has 1 fully saturated rings. The zero-order valence-electron chi connectivity index (χ0n) is 19.6. The van der Waals surface area contributed by atoms with Gasteiger partial charge in [-0.15, -0.1) is 4.40 Å². The van der Waals surface area contributed by atoms with Crippen LogP contribution in [-0.2, 0) is 26.2 Å². The largest absolute Gasteiger partial charge is 0.506 e. The van der Waals surface area contributed by atoms with Crippen LogP contribution in [0.4, 0.5) is 10.1 Å². The molecule has 2 aromatic carbocycles. The van der Waals surface area contributed by atoms with E-state index in [1.54, 1.807) is 0 Å². The van der Waals surface area contributed by atoms with Crippen molar-refractivity contribution >= 4 is 50.0 Å². The molecule has 13 heteroatoms. The maximum Gasteiger partial charge on any atom is 0.372 e. The SMILES string of the molecule is O=C(O)C(=O)CC(=O)c1ccc2c(c1)S(=O)(=O)N=C(c1c(O)c3cc(F)ccc3n(CCC3CC3)c1=O)N2. The number of aryl methyl sites for hydroxylation is 1. The summed E-state index contributed by atoms with van der Waals surface area (Å²) in [7, 11) is -4.53.